The second-order valence-electron chi connectivity index (χ2n) is 6.20. The van der Waals surface area contributed by atoms with E-state index < -0.39 is 6.03 Å². The fraction of sp³-hybridized carbons (Fsp3) is 0.143. The van der Waals surface area contributed by atoms with Gasteiger partial charge in [0, 0.05) is 23.2 Å². The lowest BCUT2D eigenvalue weighted by Crippen LogP contribution is -2.28. The van der Waals surface area contributed by atoms with E-state index in [2.05, 4.69) is 22.4 Å². The predicted octanol–water partition coefficient (Wildman–Crippen LogP) is 4.39. The van der Waals surface area contributed by atoms with Gasteiger partial charge in [-0.15, -0.1) is 40.0 Å². The van der Waals surface area contributed by atoms with Crippen LogP contribution in [-0.4, -0.2) is 23.8 Å². The lowest BCUT2D eigenvalue weighted by atomic mass is 10.1. The zero-order valence-electron chi connectivity index (χ0n) is 16.0. The molecular weight excluding hydrogens is 468 g/mol. The number of benzene rings is 2. The highest BCUT2D eigenvalue weighted by molar-refractivity contribution is 8.93. The first kappa shape index (κ1) is 21.7. The average Bonchev–Trinajstić information content (AvgIpc) is 3.15. The van der Waals surface area contributed by atoms with Crippen LogP contribution in [0, 0.1) is 0 Å². The molecule has 4 rings (SSSR count). The Morgan fingerprint density at radius 2 is 1.93 bits per heavy atom. The minimum absolute atomic E-state index is 0. The summed E-state index contributed by atoms with van der Waals surface area (Å²) in [5, 5.41) is 9.00. The lowest BCUT2D eigenvalue weighted by Gasteiger charge is -2.19. The number of ether oxygens (including phenoxy) is 2. The van der Waals surface area contributed by atoms with E-state index in [1.54, 1.807) is 6.08 Å². The molecule has 1 aliphatic heterocycles. The lowest BCUT2D eigenvalue weighted by molar-refractivity contribution is 0.171. The second kappa shape index (κ2) is 10.1. The van der Waals surface area contributed by atoms with E-state index in [-0.39, 0.29) is 17.0 Å². The van der Waals surface area contributed by atoms with Gasteiger partial charge in [-0.3, -0.25) is 0 Å². The number of carbonyl (C=O) groups excluding carboxylic acids is 1. The summed E-state index contributed by atoms with van der Waals surface area (Å²) >= 11 is 1.43. The number of nitrogens with zero attached hydrogens (tertiary/aromatic N) is 2. The summed E-state index contributed by atoms with van der Waals surface area (Å²) < 4.78 is 13.3. The van der Waals surface area contributed by atoms with Gasteiger partial charge in [0.05, 0.1) is 5.69 Å². The van der Waals surface area contributed by atoms with Gasteiger partial charge in [-0.25, -0.2) is 10.2 Å². The van der Waals surface area contributed by atoms with Crippen molar-refractivity contribution in [2.24, 2.45) is 5.10 Å². The van der Waals surface area contributed by atoms with Crippen molar-refractivity contribution in [2.75, 3.05) is 18.5 Å². The van der Waals surface area contributed by atoms with E-state index in [9.17, 15) is 4.79 Å². The molecule has 156 valence electrons. The SMILES string of the molecule is Br.C=CCn1c(-c2ccc3c(c2)OCCO3)csc1=NNC(=O)Nc1ccccc1. The summed E-state index contributed by atoms with van der Waals surface area (Å²) in [6.07, 6.45) is 1.79. The van der Waals surface area contributed by atoms with Gasteiger partial charge in [-0.1, -0.05) is 24.3 Å². The monoisotopic (exact) mass is 488 g/mol. The number of para-hydroxylation sites is 1. The van der Waals surface area contributed by atoms with E-state index in [4.69, 9.17) is 9.47 Å². The number of hydrogen-bond acceptors (Lipinski definition) is 5. The molecular formula is C21H21BrN4O3S. The van der Waals surface area contributed by atoms with Crippen molar-refractivity contribution in [3.05, 3.63) is 71.4 Å². The topological polar surface area (TPSA) is 76.9 Å². The molecule has 0 unspecified atom stereocenters. The Kier molecular flexibility index (Phi) is 7.31. The molecule has 0 spiro atoms. The van der Waals surface area contributed by atoms with E-state index in [0.29, 0.717) is 30.2 Å². The molecule has 1 aromatic heterocycles. The number of hydrogen-bond donors (Lipinski definition) is 2. The van der Waals surface area contributed by atoms with Crippen LogP contribution in [0.2, 0.25) is 0 Å². The molecule has 0 fully saturated rings. The largest absolute Gasteiger partial charge is 0.486 e. The zero-order valence-corrected chi connectivity index (χ0v) is 18.6. The molecule has 2 N–H and O–H groups in total. The smallest absolute Gasteiger partial charge is 0.339 e. The number of halogens is 1. The number of anilines is 1. The van der Waals surface area contributed by atoms with Gasteiger partial charge in [-0.05, 0) is 30.3 Å². The fourth-order valence-corrected chi connectivity index (χ4v) is 3.82. The highest BCUT2D eigenvalue weighted by atomic mass is 79.9. The van der Waals surface area contributed by atoms with Crippen molar-refractivity contribution in [2.45, 2.75) is 6.54 Å². The van der Waals surface area contributed by atoms with Gasteiger partial charge in [0.1, 0.15) is 13.2 Å². The zero-order chi connectivity index (χ0) is 20.1. The molecule has 0 bridgehead atoms. The molecule has 2 amide bonds. The van der Waals surface area contributed by atoms with Gasteiger partial charge in [-0.2, -0.15) is 0 Å². The number of amides is 2. The van der Waals surface area contributed by atoms with E-state index >= 15 is 0 Å². The summed E-state index contributed by atoms with van der Waals surface area (Å²) in [6, 6.07) is 14.6. The first-order valence-corrected chi connectivity index (χ1v) is 9.97. The first-order valence-electron chi connectivity index (χ1n) is 9.09. The number of carbonyl (C=O) groups is 1. The first-order chi connectivity index (χ1) is 14.2. The number of nitrogens with one attached hydrogen (secondary N) is 2. The van der Waals surface area contributed by atoms with Gasteiger partial charge < -0.3 is 19.4 Å². The van der Waals surface area contributed by atoms with Crippen LogP contribution in [0.4, 0.5) is 10.5 Å². The molecule has 0 aliphatic carbocycles. The highest BCUT2D eigenvalue weighted by Crippen LogP contribution is 2.34. The van der Waals surface area contributed by atoms with Crippen LogP contribution in [0.3, 0.4) is 0 Å². The Balaban J connectivity index is 0.00000256. The van der Waals surface area contributed by atoms with Crippen molar-refractivity contribution in [3.63, 3.8) is 0 Å². The molecule has 0 saturated carbocycles. The molecule has 7 nitrogen and oxygen atoms in total. The third kappa shape index (κ3) is 4.92. The number of urea groups is 1. The molecule has 1 aliphatic rings. The molecule has 2 heterocycles. The van der Waals surface area contributed by atoms with Crippen molar-refractivity contribution in [1.29, 1.82) is 0 Å². The Morgan fingerprint density at radius 3 is 2.70 bits per heavy atom. The van der Waals surface area contributed by atoms with Gasteiger partial charge in [0.15, 0.2) is 11.5 Å². The van der Waals surface area contributed by atoms with E-state index in [1.165, 1.54) is 11.3 Å². The summed E-state index contributed by atoms with van der Waals surface area (Å²) in [5.74, 6) is 1.47. The minimum Gasteiger partial charge on any atom is -0.486 e. The van der Waals surface area contributed by atoms with Crippen LogP contribution in [0.15, 0.2) is 71.7 Å². The van der Waals surface area contributed by atoms with Crippen molar-refractivity contribution in [1.82, 2.24) is 9.99 Å². The van der Waals surface area contributed by atoms with E-state index in [0.717, 1.165) is 22.8 Å². The summed E-state index contributed by atoms with van der Waals surface area (Å²) in [7, 11) is 0. The third-order valence-electron chi connectivity index (χ3n) is 4.23. The molecule has 2 aromatic carbocycles. The molecule has 0 saturated heterocycles. The van der Waals surface area contributed by atoms with Gasteiger partial charge >= 0.3 is 6.03 Å². The predicted molar refractivity (Wildman–Crippen MR) is 123 cm³/mol. The molecule has 0 atom stereocenters. The average molecular weight is 489 g/mol. The summed E-state index contributed by atoms with van der Waals surface area (Å²) in [5.41, 5.74) is 5.17. The molecule has 30 heavy (non-hydrogen) atoms. The summed E-state index contributed by atoms with van der Waals surface area (Å²) in [6.45, 7) is 5.47. The van der Waals surface area contributed by atoms with Crippen LogP contribution in [0.5, 0.6) is 11.5 Å². The second-order valence-corrected chi connectivity index (χ2v) is 7.04. The van der Waals surface area contributed by atoms with Crippen LogP contribution < -0.4 is 25.0 Å². The van der Waals surface area contributed by atoms with Crippen LogP contribution in [0.25, 0.3) is 11.3 Å². The molecule has 9 heteroatoms. The number of allylic oxidation sites excluding steroid dienone is 1. The van der Waals surface area contributed by atoms with Crippen molar-refractivity contribution < 1.29 is 14.3 Å². The quantitative estimate of drug-likeness (QED) is 0.413. The summed E-state index contributed by atoms with van der Waals surface area (Å²) in [4.78, 5) is 12.8. The normalized spacial score (nSPS) is 12.6. The number of aromatic nitrogens is 1. The van der Waals surface area contributed by atoms with Crippen molar-refractivity contribution in [3.8, 4) is 22.8 Å². The van der Waals surface area contributed by atoms with Gasteiger partial charge in [0.25, 0.3) is 0 Å². The third-order valence-corrected chi connectivity index (χ3v) is 5.10. The van der Waals surface area contributed by atoms with Gasteiger partial charge in [0.2, 0.25) is 4.80 Å². The van der Waals surface area contributed by atoms with Crippen molar-refractivity contribution >= 4 is 40.0 Å². The Morgan fingerprint density at radius 1 is 1.17 bits per heavy atom. The maximum atomic E-state index is 12.1. The maximum absolute atomic E-state index is 12.1. The standard InChI is InChI=1S/C21H20N4O3S.BrH/c1-2-10-25-17(15-8-9-18-19(13-15)28-12-11-27-18)14-29-21(25)24-23-20(26)22-16-6-4-3-5-7-16;/h2-9,13-14H,1,10-12H2,(H2,22,23,26);1H. The highest BCUT2D eigenvalue weighted by Gasteiger charge is 2.15. The number of thiazole rings is 1. The fourth-order valence-electron chi connectivity index (χ4n) is 2.94. The van der Waals surface area contributed by atoms with Crippen LogP contribution in [0.1, 0.15) is 0 Å². The van der Waals surface area contributed by atoms with Crippen LogP contribution >= 0.6 is 28.3 Å². The van der Waals surface area contributed by atoms with Crippen LogP contribution in [-0.2, 0) is 6.54 Å². The van der Waals surface area contributed by atoms with E-state index in [1.807, 2.05) is 58.5 Å². The molecule has 0 radical (unpaired) electrons. The maximum Gasteiger partial charge on any atom is 0.339 e. The Hall–Kier alpha value is -3.04. The minimum atomic E-state index is -0.407. The number of rotatable bonds is 5. The Bertz CT molecular complexity index is 1100. The molecule has 3 aromatic rings. The number of fused-ring (bicyclic) bond motifs is 1. The Labute approximate surface area is 188 Å².